The maximum atomic E-state index is 11.7. The van der Waals surface area contributed by atoms with Gasteiger partial charge in [0.2, 0.25) is 10.0 Å². The maximum absolute atomic E-state index is 11.7. The summed E-state index contributed by atoms with van der Waals surface area (Å²) in [7, 11) is -3.18. The van der Waals surface area contributed by atoms with Crippen LogP contribution in [0.1, 0.15) is 32.3 Å². The van der Waals surface area contributed by atoms with Gasteiger partial charge in [0.25, 0.3) is 0 Å². The van der Waals surface area contributed by atoms with Crippen molar-refractivity contribution < 1.29 is 8.42 Å². The Labute approximate surface area is 104 Å². The van der Waals surface area contributed by atoms with Gasteiger partial charge in [0, 0.05) is 6.54 Å². The van der Waals surface area contributed by atoms with Gasteiger partial charge in [-0.3, -0.25) is 0 Å². The zero-order valence-electron chi connectivity index (χ0n) is 10.5. The van der Waals surface area contributed by atoms with Crippen LogP contribution in [0.2, 0.25) is 0 Å². The first-order valence-electron chi connectivity index (χ1n) is 6.01. The second-order valence-corrected chi connectivity index (χ2v) is 6.48. The van der Waals surface area contributed by atoms with Gasteiger partial charge >= 0.3 is 0 Å². The highest BCUT2D eigenvalue weighted by molar-refractivity contribution is 7.88. The van der Waals surface area contributed by atoms with Gasteiger partial charge < -0.3 is 0 Å². The van der Waals surface area contributed by atoms with Crippen LogP contribution in [0.5, 0.6) is 0 Å². The molecule has 0 saturated carbocycles. The minimum atomic E-state index is -3.18. The lowest BCUT2D eigenvalue weighted by atomic mass is 10.1. The van der Waals surface area contributed by atoms with E-state index in [9.17, 15) is 8.42 Å². The van der Waals surface area contributed by atoms with E-state index >= 15 is 0 Å². The Morgan fingerprint density at radius 1 is 1.18 bits per heavy atom. The second-order valence-electron chi connectivity index (χ2n) is 4.68. The molecule has 0 heterocycles. The van der Waals surface area contributed by atoms with Crippen molar-refractivity contribution in [3.8, 4) is 0 Å². The van der Waals surface area contributed by atoms with Crippen molar-refractivity contribution in [2.75, 3.05) is 6.54 Å². The predicted octanol–water partition coefficient (Wildman–Crippen LogP) is 2.54. The molecule has 0 atom stereocenters. The van der Waals surface area contributed by atoms with E-state index in [1.807, 2.05) is 30.3 Å². The Kier molecular flexibility index (Phi) is 5.65. The summed E-state index contributed by atoms with van der Waals surface area (Å²) in [6.07, 6.45) is 1.94. The largest absolute Gasteiger partial charge is 0.215 e. The first-order valence-corrected chi connectivity index (χ1v) is 7.66. The summed E-state index contributed by atoms with van der Waals surface area (Å²) >= 11 is 0. The van der Waals surface area contributed by atoms with Crippen molar-refractivity contribution in [1.29, 1.82) is 0 Å². The fourth-order valence-electron chi connectivity index (χ4n) is 1.58. The van der Waals surface area contributed by atoms with Gasteiger partial charge in [-0.2, -0.15) is 0 Å². The van der Waals surface area contributed by atoms with Crippen LogP contribution in [0.4, 0.5) is 0 Å². The lowest BCUT2D eigenvalue weighted by Gasteiger charge is -2.07. The van der Waals surface area contributed by atoms with E-state index < -0.39 is 10.0 Å². The van der Waals surface area contributed by atoms with Crippen molar-refractivity contribution >= 4 is 10.0 Å². The minimum absolute atomic E-state index is 0.0650. The number of nitrogens with one attached hydrogen (secondary N) is 1. The van der Waals surface area contributed by atoms with Gasteiger partial charge in [-0.15, -0.1) is 0 Å². The highest BCUT2D eigenvalue weighted by atomic mass is 32.2. The summed E-state index contributed by atoms with van der Waals surface area (Å²) in [6, 6.07) is 9.24. The Bertz CT molecular complexity index is 412. The van der Waals surface area contributed by atoms with Gasteiger partial charge in [-0.05, 0) is 24.3 Å². The lowest BCUT2D eigenvalue weighted by molar-refractivity contribution is 0.539. The van der Waals surface area contributed by atoms with E-state index in [1.54, 1.807) is 0 Å². The molecule has 0 aromatic heterocycles. The smallest absolute Gasteiger partial charge is 0.215 e. The average Bonchev–Trinajstić information content (AvgIpc) is 2.25. The zero-order valence-corrected chi connectivity index (χ0v) is 11.3. The van der Waals surface area contributed by atoms with E-state index in [0.717, 1.165) is 18.4 Å². The third kappa shape index (κ3) is 6.44. The van der Waals surface area contributed by atoms with Crippen LogP contribution in [0.25, 0.3) is 0 Å². The first kappa shape index (κ1) is 14.2. The van der Waals surface area contributed by atoms with E-state index in [-0.39, 0.29) is 5.75 Å². The lowest BCUT2D eigenvalue weighted by Crippen LogP contribution is -2.26. The summed E-state index contributed by atoms with van der Waals surface area (Å²) in [5.74, 6) is 0.684. The van der Waals surface area contributed by atoms with Crippen LogP contribution in [0, 0.1) is 5.92 Å². The van der Waals surface area contributed by atoms with Crippen LogP contribution in [-0.2, 0) is 15.8 Å². The molecule has 0 bridgehead atoms. The van der Waals surface area contributed by atoms with Crippen molar-refractivity contribution in [3.05, 3.63) is 35.9 Å². The van der Waals surface area contributed by atoms with Gasteiger partial charge in [-0.1, -0.05) is 44.2 Å². The molecule has 0 saturated heterocycles. The molecule has 1 aromatic rings. The fourth-order valence-corrected chi connectivity index (χ4v) is 2.77. The van der Waals surface area contributed by atoms with Gasteiger partial charge in [-0.25, -0.2) is 13.1 Å². The molecule has 0 aliphatic heterocycles. The molecule has 3 nitrogen and oxygen atoms in total. The standard InChI is InChI=1S/C13H21NO2S/c1-12(2)7-6-10-14-17(15,16)11-13-8-4-3-5-9-13/h3-5,8-9,12,14H,6-7,10-11H2,1-2H3. The Morgan fingerprint density at radius 3 is 2.41 bits per heavy atom. The molecular weight excluding hydrogens is 234 g/mol. The van der Waals surface area contributed by atoms with Crippen molar-refractivity contribution in [2.24, 2.45) is 5.92 Å². The maximum Gasteiger partial charge on any atom is 0.215 e. The van der Waals surface area contributed by atoms with Crippen molar-refractivity contribution in [2.45, 2.75) is 32.4 Å². The third-order valence-electron chi connectivity index (χ3n) is 2.48. The molecule has 1 N–H and O–H groups in total. The van der Waals surface area contributed by atoms with E-state index in [4.69, 9.17) is 0 Å². The van der Waals surface area contributed by atoms with E-state index in [0.29, 0.717) is 12.5 Å². The third-order valence-corrected chi connectivity index (χ3v) is 3.84. The Hall–Kier alpha value is -0.870. The molecule has 1 rings (SSSR count). The van der Waals surface area contributed by atoms with Crippen molar-refractivity contribution in [3.63, 3.8) is 0 Å². The molecule has 0 amide bonds. The highest BCUT2D eigenvalue weighted by Crippen LogP contribution is 2.05. The van der Waals surface area contributed by atoms with Gasteiger partial charge in [0.1, 0.15) is 0 Å². The molecule has 0 spiro atoms. The van der Waals surface area contributed by atoms with E-state index in [2.05, 4.69) is 18.6 Å². The number of hydrogen-bond acceptors (Lipinski definition) is 2. The van der Waals surface area contributed by atoms with E-state index in [1.165, 1.54) is 0 Å². The molecule has 0 radical (unpaired) electrons. The molecule has 0 unspecified atom stereocenters. The van der Waals surface area contributed by atoms with Gasteiger partial charge in [0.15, 0.2) is 0 Å². The summed E-state index contributed by atoms with van der Waals surface area (Å²) in [5.41, 5.74) is 0.823. The molecule has 0 aliphatic rings. The fraction of sp³-hybridized carbons (Fsp3) is 0.538. The summed E-state index contributed by atoms with van der Waals surface area (Å²) < 4.78 is 26.1. The number of benzene rings is 1. The predicted molar refractivity (Wildman–Crippen MR) is 71.1 cm³/mol. The van der Waals surface area contributed by atoms with Crippen LogP contribution in [0.15, 0.2) is 30.3 Å². The number of rotatable bonds is 7. The number of sulfonamides is 1. The normalized spacial score (nSPS) is 11.9. The topological polar surface area (TPSA) is 46.2 Å². The second kappa shape index (κ2) is 6.77. The molecular formula is C13H21NO2S. The quantitative estimate of drug-likeness (QED) is 0.761. The SMILES string of the molecule is CC(C)CCCNS(=O)(=O)Cc1ccccc1. The first-order chi connectivity index (χ1) is 7.99. The number of hydrogen-bond donors (Lipinski definition) is 1. The summed E-state index contributed by atoms with van der Waals surface area (Å²) in [6.45, 7) is 4.81. The minimum Gasteiger partial charge on any atom is -0.215 e. The van der Waals surface area contributed by atoms with Crippen LogP contribution in [-0.4, -0.2) is 15.0 Å². The molecule has 0 fully saturated rings. The highest BCUT2D eigenvalue weighted by Gasteiger charge is 2.10. The molecule has 96 valence electrons. The summed E-state index contributed by atoms with van der Waals surface area (Å²) in [5, 5.41) is 0. The molecule has 4 heteroatoms. The molecule has 0 aliphatic carbocycles. The Morgan fingerprint density at radius 2 is 1.82 bits per heavy atom. The molecule has 17 heavy (non-hydrogen) atoms. The van der Waals surface area contributed by atoms with Crippen LogP contribution >= 0.6 is 0 Å². The Balaban J connectivity index is 2.37. The zero-order chi connectivity index (χ0) is 12.7. The van der Waals surface area contributed by atoms with Gasteiger partial charge in [0.05, 0.1) is 5.75 Å². The van der Waals surface area contributed by atoms with Crippen LogP contribution in [0.3, 0.4) is 0 Å². The van der Waals surface area contributed by atoms with Crippen LogP contribution < -0.4 is 4.72 Å². The monoisotopic (exact) mass is 255 g/mol. The summed E-state index contributed by atoms with van der Waals surface area (Å²) in [4.78, 5) is 0. The average molecular weight is 255 g/mol. The van der Waals surface area contributed by atoms with Crippen molar-refractivity contribution in [1.82, 2.24) is 4.72 Å². The molecule has 1 aromatic carbocycles.